The van der Waals surface area contributed by atoms with Crippen LogP contribution in [-0.4, -0.2) is 35.4 Å². The van der Waals surface area contributed by atoms with Gasteiger partial charge in [0, 0.05) is 26.2 Å². The van der Waals surface area contributed by atoms with Gasteiger partial charge in [0.05, 0.1) is 7.11 Å². The lowest BCUT2D eigenvalue weighted by Gasteiger charge is -2.08. The van der Waals surface area contributed by atoms with Crippen molar-refractivity contribution in [3.8, 4) is 17.1 Å². The Morgan fingerprint density at radius 3 is 2.34 bits per heavy atom. The van der Waals surface area contributed by atoms with Crippen molar-refractivity contribution in [2.24, 2.45) is 20.0 Å². The first-order valence-electron chi connectivity index (χ1n) is 9.53. The van der Waals surface area contributed by atoms with E-state index in [2.05, 4.69) is 24.0 Å². The van der Waals surface area contributed by atoms with Gasteiger partial charge in [0.1, 0.15) is 5.75 Å². The van der Waals surface area contributed by atoms with Crippen LogP contribution in [0.3, 0.4) is 0 Å². The van der Waals surface area contributed by atoms with Crippen molar-refractivity contribution in [2.45, 2.75) is 26.8 Å². The summed E-state index contributed by atoms with van der Waals surface area (Å²) in [4.78, 5) is 25.6. The molecule has 0 N–H and O–H groups in total. The highest BCUT2D eigenvalue weighted by atomic mass is 16.5. The standard InChI is InChI=1S/C20H24N6O3/c1-12(2)10-11-25-15-17(23(3)20(28)24(4)18(15)27)26-16(21-22-19(25)26)13-6-8-14(29-5)9-7-13/h6-9,12H,10-11H2,1-5H3. The molecule has 0 atom stereocenters. The van der Waals surface area contributed by atoms with E-state index in [-0.39, 0.29) is 11.2 Å². The van der Waals surface area contributed by atoms with Gasteiger partial charge in [0.25, 0.3) is 5.56 Å². The van der Waals surface area contributed by atoms with Crippen molar-refractivity contribution in [2.75, 3.05) is 7.11 Å². The highest BCUT2D eigenvalue weighted by Crippen LogP contribution is 2.26. The normalized spacial score (nSPS) is 11.8. The molecule has 3 aromatic heterocycles. The van der Waals surface area contributed by atoms with Crippen LogP contribution in [0.5, 0.6) is 5.75 Å². The number of methoxy groups -OCH3 is 1. The van der Waals surface area contributed by atoms with Crippen LogP contribution in [0.15, 0.2) is 33.9 Å². The zero-order chi connectivity index (χ0) is 20.9. The van der Waals surface area contributed by atoms with Gasteiger partial charge in [0.2, 0.25) is 5.78 Å². The van der Waals surface area contributed by atoms with Crippen LogP contribution in [0.4, 0.5) is 0 Å². The van der Waals surface area contributed by atoms with Gasteiger partial charge >= 0.3 is 5.69 Å². The van der Waals surface area contributed by atoms with E-state index in [0.717, 1.165) is 22.3 Å². The SMILES string of the molecule is COc1ccc(-c2nnc3n(CCC(C)C)c4c(=O)n(C)c(=O)n(C)c4n23)cc1. The lowest BCUT2D eigenvalue weighted by Crippen LogP contribution is -2.37. The van der Waals surface area contributed by atoms with E-state index in [1.165, 1.54) is 11.6 Å². The predicted octanol–water partition coefficient (Wildman–Crippen LogP) is 1.80. The summed E-state index contributed by atoms with van der Waals surface area (Å²) in [5.41, 5.74) is 1.04. The molecule has 0 aliphatic heterocycles. The molecule has 0 aliphatic rings. The van der Waals surface area contributed by atoms with Crippen molar-refractivity contribution in [3.05, 3.63) is 45.1 Å². The smallest absolute Gasteiger partial charge is 0.332 e. The summed E-state index contributed by atoms with van der Waals surface area (Å²) in [6.07, 6.45) is 0.871. The van der Waals surface area contributed by atoms with Crippen molar-refractivity contribution >= 4 is 16.9 Å². The molecule has 9 nitrogen and oxygen atoms in total. The third-order valence-electron chi connectivity index (χ3n) is 5.26. The second-order valence-electron chi connectivity index (χ2n) is 7.60. The van der Waals surface area contributed by atoms with Gasteiger partial charge in [-0.2, -0.15) is 0 Å². The summed E-state index contributed by atoms with van der Waals surface area (Å²) in [6, 6.07) is 7.44. The summed E-state index contributed by atoms with van der Waals surface area (Å²) in [5, 5.41) is 8.74. The maximum Gasteiger partial charge on any atom is 0.332 e. The predicted molar refractivity (Wildman–Crippen MR) is 110 cm³/mol. The second kappa shape index (κ2) is 6.91. The van der Waals surface area contributed by atoms with Crippen molar-refractivity contribution in [3.63, 3.8) is 0 Å². The number of rotatable bonds is 5. The van der Waals surface area contributed by atoms with Gasteiger partial charge in [-0.3, -0.25) is 13.9 Å². The van der Waals surface area contributed by atoms with Gasteiger partial charge in [0.15, 0.2) is 17.0 Å². The minimum atomic E-state index is -0.389. The quantitative estimate of drug-likeness (QED) is 0.513. The summed E-state index contributed by atoms with van der Waals surface area (Å²) in [5.74, 6) is 2.30. The molecule has 0 unspecified atom stereocenters. The number of ether oxygens (including phenoxy) is 1. The summed E-state index contributed by atoms with van der Waals surface area (Å²) >= 11 is 0. The van der Waals surface area contributed by atoms with Crippen LogP contribution in [0.1, 0.15) is 20.3 Å². The molecule has 0 amide bonds. The van der Waals surface area contributed by atoms with Gasteiger partial charge in [-0.15, -0.1) is 10.2 Å². The molecule has 0 aliphatic carbocycles. The molecule has 4 aromatic rings. The zero-order valence-electron chi connectivity index (χ0n) is 17.2. The van der Waals surface area contributed by atoms with Crippen LogP contribution in [0.25, 0.3) is 28.3 Å². The lowest BCUT2D eigenvalue weighted by atomic mass is 10.1. The third-order valence-corrected chi connectivity index (χ3v) is 5.26. The highest BCUT2D eigenvalue weighted by molar-refractivity contribution is 5.79. The van der Waals surface area contributed by atoms with E-state index in [1.54, 1.807) is 18.6 Å². The lowest BCUT2D eigenvalue weighted by molar-refractivity contribution is 0.415. The topological polar surface area (TPSA) is 88.3 Å². The van der Waals surface area contributed by atoms with Crippen LogP contribution in [0.2, 0.25) is 0 Å². The fraction of sp³-hybridized carbons (Fsp3) is 0.400. The number of nitrogens with zero attached hydrogens (tertiary/aromatic N) is 6. The molecule has 152 valence electrons. The third kappa shape index (κ3) is 2.84. The fourth-order valence-corrected chi connectivity index (χ4v) is 3.58. The van der Waals surface area contributed by atoms with Crippen LogP contribution in [0, 0.1) is 5.92 Å². The average molecular weight is 396 g/mol. The number of hydrogen-bond donors (Lipinski definition) is 0. The van der Waals surface area contributed by atoms with Gasteiger partial charge in [-0.1, -0.05) is 13.8 Å². The molecule has 0 radical (unpaired) electrons. The molecular weight excluding hydrogens is 372 g/mol. The van der Waals surface area contributed by atoms with Crippen LogP contribution >= 0.6 is 0 Å². The average Bonchev–Trinajstić information content (AvgIpc) is 3.27. The Hall–Kier alpha value is -3.36. The first kappa shape index (κ1) is 19.0. The molecule has 3 heterocycles. The monoisotopic (exact) mass is 396 g/mol. The van der Waals surface area contributed by atoms with E-state index < -0.39 is 0 Å². The number of aromatic nitrogens is 6. The van der Waals surface area contributed by atoms with Crippen LogP contribution < -0.4 is 16.0 Å². The van der Waals surface area contributed by atoms with Crippen molar-refractivity contribution in [1.29, 1.82) is 0 Å². The molecular formula is C20H24N6O3. The zero-order valence-corrected chi connectivity index (χ0v) is 17.2. The molecule has 0 saturated carbocycles. The van der Waals surface area contributed by atoms with Crippen molar-refractivity contribution in [1.82, 2.24) is 28.3 Å². The number of benzene rings is 1. The molecule has 0 spiro atoms. The molecule has 4 rings (SSSR count). The Kier molecular flexibility index (Phi) is 4.52. The minimum absolute atomic E-state index is 0.335. The second-order valence-corrected chi connectivity index (χ2v) is 7.60. The fourth-order valence-electron chi connectivity index (χ4n) is 3.58. The maximum atomic E-state index is 13.0. The number of fused-ring (bicyclic) bond motifs is 3. The minimum Gasteiger partial charge on any atom is -0.497 e. The molecule has 29 heavy (non-hydrogen) atoms. The van der Waals surface area contributed by atoms with Gasteiger partial charge < -0.3 is 9.30 Å². The van der Waals surface area contributed by atoms with Crippen molar-refractivity contribution < 1.29 is 4.74 Å². The maximum absolute atomic E-state index is 13.0. The number of aryl methyl sites for hydroxylation is 2. The van der Waals surface area contributed by atoms with Gasteiger partial charge in [-0.25, -0.2) is 9.20 Å². The summed E-state index contributed by atoms with van der Waals surface area (Å²) < 4.78 is 11.5. The Morgan fingerprint density at radius 1 is 1.03 bits per heavy atom. The highest BCUT2D eigenvalue weighted by Gasteiger charge is 2.24. The van der Waals surface area contributed by atoms with E-state index >= 15 is 0 Å². The van der Waals surface area contributed by atoms with E-state index in [4.69, 9.17) is 4.74 Å². The molecule has 0 bridgehead atoms. The molecule has 9 heteroatoms. The van der Waals surface area contributed by atoms with Crippen LogP contribution in [-0.2, 0) is 20.6 Å². The van der Waals surface area contributed by atoms with E-state index in [0.29, 0.717) is 35.2 Å². The Balaban J connectivity index is 2.10. The first-order chi connectivity index (χ1) is 13.8. The molecule has 0 fully saturated rings. The first-order valence-corrected chi connectivity index (χ1v) is 9.53. The molecule has 1 aromatic carbocycles. The Bertz CT molecular complexity index is 1320. The summed E-state index contributed by atoms with van der Waals surface area (Å²) in [6.45, 7) is 4.87. The Labute approximate surface area is 166 Å². The summed E-state index contributed by atoms with van der Waals surface area (Å²) in [7, 11) is 4.77. The number of imidazole rings is 1. The van der Waals surface area contributed by atoms with E-state index in [9.17, 15) is 9.59 Å². The Morgan fingerprint density at radius 2 is 1.72 bits per heavy atom. The number of hydrogen-bond acceptors (Lipinski definition) is 5. The largest absolute Gasteiger partial charge is 0.497 e. The van der Waals surface area contributed by atoms with Gasteiger partial charge in [-0.05, 0) is 36.6 Å². The van der Waals surface area contributed by atoms with E-state index in [1.807, 2.05) is 28.8 Å². The molecule has 0 saturated heterocycles.